The number of para-hydroxylation sites is 2. The number of amides is 1. The van der Waals surface area contributed by atoms with E-state index in [1.54, 1.807) is 30.1 Å². The zero-order chi connectivity index (χ0) is 21.5. The van der Waals surface area contributed by atoms with Crippen molar-refractivity contribution in [2.45, 2.75) is 26.5 Å². The number of hydrogen-bond acceptors (Lipinski definition) is 6. The Bertz CT molecular complexity index is 994. The molecule has 0 atom stereocenters. The molecule has 1 N–H and O–H groups in total. The molecule has 0 aliphatic heterocycles. The van der Waals surface area contributed by atoms with Gasteiger partial charge in [-0.25, -0.2) is 0 Å². The van der Waals surface area contributed by atoms with Crippen molar-refractivity contribution in [3.63, 3.8) is 0 Å². The smallest absolute Gasteiger partial charge is 0.387 e. The van der Waals surface area contributed by atoms with Crippen molar-refractivity contribution in [2.24, 2.45) is 0 Å². The predicted molar refractivity (Wildman–Crippen MR) is 107 cm³/mol. The normalized spacial score (nSPS) is 11.1. The minimum Gasteiger partial charge on any atom is -0.434 e. The summed E-state index contributed by atoms with van der Waals surface area (Å²) >= 11 is 0. The Hall–Kier alpha value is -3.33. The number of aromatic nitrogens is 2. The molecule has 1 aromatic heterocycles. The average Bonchev–Trinajstić information content (AvgIpc) is 3.16. The molecule has 0 unspecified atom stereocenters. The van der Waals surface area contributed by atoms with Gasteiger partial charge >= 0.3 is 6.61 Å². The predicted octanol–water partition coefficient (Wildman–Crippen LogP) is 3.97. The van der Waals surface area contributed by atoms with Crippen LogP contribution < -0.4 is 10.1 Å². The van der Waals surface area contributed by atoms with Crippen LogP contribution in [0, 0.1) is 0 Å². The molecule has 0 bridgehead atoms. The lowest BCUT2D eigenvalue weighted by Crippen LogP contribution is -2.30. The van der Waals surface area contributed by atoms with E-state index in [-0.39, 0.29) is 36.5 Å². The number of carbonyl (C=O) groups is 1. The van der Waals surface area contributed by atoms with Gasteiger partial charge in [0.15, 0.2) is 0 Å². The maximum atomic E-state index is 12.6. The summed E-state index contributed by atoms with van der Waals surface area (Å²) in [7, 11) is 1.74. The molecule has 3 aromatic rings. The first-order valence-electron chi connectivity index (χ1n) is 9.39. The Morgan fingerprint density at radius 3 is 2.70 bits per heavy atom. The molecule has 158 valence electrons. The van der Waals surface area contributed by atoms with Gasteiger partial charge in [0.25, 0.3) is 0 Å². The minimum atomic E-state index is -2.96. The van der Waals surface area contributed by atoms with E-state index in [0.717, 1.165) is 17.7 Å². The number of nitrogens with zero attached hydrogens (tertiary/aromatic N) is 3. The van der Waals surface area contributed by atoms with Crippen LogP contribution in [0.25, 0.3) is 11.4 Å². The van der Waals surface area contributed by atoms with Gasteiger partial charge in [0.1, 0.15) is 5.75 Å². The summed E-state index contributed by atoms with van der Waals surface area (Å²) in [4.78, 5) is 18.3. The summed E-state index contributed by atoms with van der Waals surface area (Å²) in [6.45, 7) is -0.608. The zero-order valence-corrected chi connectivity index (χ0v) is 16.6. The molecule has 9 heteroatoms. The molecule has 1 amide bonds. The summed E-state index contributed by atoms with van der Waals surface area (Å²) in [6.07, 6.45) is 0.813. The zero-order valence-electron chi connectivity index (χ0n) is 16.6. The summed E-state index contributed by atoms with van der Waals surface area (Å²) in [5.74, 6) is 0.174. The minimum absolute atomic E-state index is 0.0397. The number of halogens is 2. The molecule has 0 radical (unpaired) electrons. The van der Waals surface area contributed by atoms with E-state index in [2.05, 4.69) is 20.2 Å². The lowest BCUT2D eigenvalue weighted by Gasteiger charge is -2.15. The molecular weight excluding hydrogens is 394 g/mol. The van der Waals surface area contributed by atoms with Gasteiger partial charge in [0, 0.05) is 5.69 Å². The Morgan fingerprint density at radius 2 is 1.93 bits per heavy atom. The molecule has 0 saturated carbocycles. The summed E-state index contributed by atoms with van der Waals surface area (Å²) in [6, 6.07) is 13.8. The van der Waals surface area contributed by atoms with Gasteiger partial charge in [-0.2, -0.15) is 13.8 Å². The van der Waals surface area contributed by atoms with Gasteiger partial charge in [-0.3, -0.25) is 9.69 Å². The molecule has 3 rings (SSSR count). The van der Waals surface area contributed by atoms with Gasteiger partial charge in [-0.05, 0) is 37.2 Å². The number of nitrogens with one attached hydrogen (secondary N) is 1. The van der Waals surface area contributed by atoms with E-state index in [0.29, 0.717) is 5.56 Å². The van der Waals surface area contributed by atoms with E-state index in [9.17, 15) is 13.6 Å². The molecule has 0 aliphatic rings. The highest BCUT2D eigenvalue weighted by molar-refractivity contribution is 5.92. The number of aryl methyl sites for hydroxylation is 1. The van der Waals surface area contributed by atoms with Gasteiger partial charge in [0.05, 0.1) is 18.7 Å². The third-order valence-electron chi connectivity index (χ3n) is 4.30. The maximum Gasteiger partial charge on any atom is 0.387 e. The lowest BCUT2D eigenvalue weighted by atomic mass is 10.1. The highest BCUT2D eigenvalue weighted by atomic mass is 19.3. The molecular formula is C21H22F2N4O3. The highest BCUT2D eigenvalue weighted by Gasteiger charge is 2.17. The molecule has 0 aliphatic carbocycles. The van der Waals surface area contributed by atoms with Crippen molar-refractivity contribution in [3.8, 4) is 17.1 Å². The van der Waals surface area contributed by atoms with E-state index < -0.39 is 6.61 Å². The summed E-state index contributed by atoms with van der Waals surface area (Å²) < 4.78 is 34.9. The average molecular weight is 416 g/mol. The van der Waals surface area contributed by atoms with Crippen molar-refractivity contribution in [3.05, 3.63) is 60.0 Å². The van der Waals surface area contributed by atoms with Crippen LogP contribution in [0.5, 0.6) is 5.75 Å². The van der Waals surface area contributed by atoms with Crippen LogP contribution in [0.3, 0.4) is 0 Å². The van der Waals surface area contributed by atoms with Crippen LogP contribution in [0.4, 0.5) is 14.5 Å². The molecule has 0 saturated heterocycles. The van der Waals surface area contributed by atoms with Crippen molar-refractivity contribution in [2.75, 3.05) is 18.9 Å². The monoisotopic (exact) mass is 416 g/mol. The van der Waals surface area contributed by atoms with Crippen LogP contribution in [0.1, 0.15) is 18.4 Å². The standard InChI is InChI=1S/C21H22F2N4O3/c1-3-14-8-4-6-10-16(14)24-18(28)12-27(2)13-19-25-20(26-30-19)15-9-5-7-11-17(15)29-21(22)23/h4-11,21H,3,12-13H2,1-2H3,(H,24,28). The number of rotatable bonds is 9. The largest absolute Gasteiger partial charge is 0.434 e. The summed E-state index contributed by atoms with van der Waals surface area (Å²) in [5.41, 5.74) is 2.14. The van der Waals surface area contributed by atoms with Crippen molar-refractivity contribution >= 4 is 11.6 Å². The first-order chi connectivity index (χ1) is 14.5. The number of carbonyl (C=O) groups excluding carboxylic acids is 1. The van der Waals surface area contributed by atoms with E-state index in [1.165, 1.54) is 6.07 Å². The number of likely N-dealkylation sites (N-methyl/N-ethyl adjacent to an activating group) is 1. The van der Waals surface area contributed by atoms with Gasteiger partial charge in [-0.1, -0.05) is 42.4 Å². The quantitative estimate of drug-likeness (QED) is 0.569. The number of benzene rings is 2. The van der Waals surface area contributed by atoms with E-state index >= 15 is 0 Å². The van der Waals surface area contributed by atoms with E-state index in [1.807, 2.05) is 31.2 Å². The van der Waals surface area contributed by atoms with E-state index in [4.69, 9.17) is 4.52 Å². The van der Waals surface area contributed by atoms with Gasteiger partial charge < -0.3 is 14.6 Å². The van der Waals surface area contributed by atoms with Crippen LogP contribution in [0.15, 0.2) is 53.1 Å². The number of hydrogen-bond donors (Lipinski definition) is 1. The maximum absolute atomic E-state index is 12.6. The molecule has 1 heterocycles. The van der Waals surface area contributed by atoms with Crippen LogP contribution >= 0.6 is 0 Å². The van der Waals surface area contributed by atoms with Gasteiger partial charge in [0.2, 0.25) is 17.6 Å². The number of anilines is 1. The highest BCUT2D eigenvalue weighted by Crippen LogP contribution is 2.28. The van der Waals surface area contributed by atoms with Crippen LogP contribution in [-0.2, 0) is 17.8 Å². The fraction of sp³-hybridized carbons (Fsp3) is 0.286. The second-order valence-corrected chi connectivity index (χ2v) is 6.62. The SMILES string of the molecule is CCc1ccccc1NC(=O)CN(C)Cc1nc(-c2ccccc2OC(F)F)no1. The van der Waals surface area contributed by atoms with Crippen molar-refractivity contribution < 1.29 is 22.8 Å². The van der Waals surface area contributed by atoms with Crippen LogP contribution in [0.2, 0.25) is 0 Å². The second-order valence-electron chi connectivity index (χ2n) is 6.62. The molecule has 7 nitrogen and oxygen atoms in total. The van der Waals surface area contributed by atoms with Crippen LogP contribution in [-0.4, -0.2) is 41.2 Å². The number of ether oxygens (including phenoxy) is 1. The topological polar surface area (TPSA) is 80.5 Å². The summed E-state index contributed by atoms with van der Waals surface area (Å²) in [5, 5.41) is 6.74. The fourth-order valence-corrected chi connectivity index (χ4v) is 2.95. The Morgan fingerprint density at radius 1 is 1.20 bits per heavy atom. The first kappa shape index (κ1) is 21.4. The Balaban J connectivity index is 1.61. The first-order valence-corrected chi connectivity index (χ1v) is 9.39. The molecule has 0 fully saturated rings. The second kappa shape index (κ2) is 9.93. The lowest BCUT2D eigenvalue weighted by molar-refractivity contribution is -0.117. The Labute approximate surface area is 172 Å². The molecule has 30 heavy (non-hydrogen) atoms. The Kier molecular flexibility index (Phi) is 7.08. The third-order valence-corrected chi connectivity index (χ3v) is 4.30. The molecule has 2 aromatic carbocycles. The molecule has 0 spiro atoms. The fourth-order valence-electron chi connectivity index (χ4n) is 2.95. The van der Waals surface area contributed by atoms with Crippen molar-refractivity contribution in [1.82, 2.24) is 15.0 Å². The third kappa shape index (κ3) is 5.60. The van der Waals surface area contributed by atoms with Gasteiger partial charge in [-0.15, -0.1) is 0 Å². The number of alkyl halides is 2. The van der Waals surface area contributed by atoms with Crippen molar-refractivity contribution in [1.29, 1.82) is 0 Å².